The SMILES string of the molecule is Cn1c(=O)n(C2CCC(=O)NC2=O)c2ccc(N3CCN(Cc4cccc(S(=O)(=O)N5CCC(Nc6ncc7c(n6)N([C@@H]6CCC[C@@H](O)C6)C(=O)C76CC6)CC5)c4)CC3)cc21. The zero-order valence-corrected chi connectivity index (χ0v) is 35.1. The minimum absolute atomic E-state index is 0.0285. The van der Waals surface area contributed by atoms with Gasteiger partial charge in [0.15, 0.2) is 0 Å². The first-order valence-corrected chi connectivity index (χ1v) is 23.1. The van der Waals surface area contributed by atoms with E-state index in [1.54, 1.807) is 34.2 Å². The third-order valence-electron chi connectivity index (χ3n) is 13.9. The molecule has 3 amide bonds. The smallest absolute Gasteiger partial charge is 0.329 e. The van der Waals surface area contributed by atoms with Gasteiger partial charge >= 0.3 is 5.69 Å². The van der Waals surface area contributed by atoms with Crippen molar-refractivity contribution in [3.05, 3.63) is 70.3 Å². The molecule has 18 heteroatoms. The highest BCUT2D eigenvalue weighted by atomic mass is 32.2. The maximum absolute atomic E-state index is 13.9. The Hall–Kier alpha value is -5.17. The minimum Gasteiger partial charge on any atom is -0.393 e. The number of fused-ring (bicyclic) bond motifs is 3. The first kappa shape index (κ1) is 39.9. The number of anilines is 3. The quantitative estimate of drug-likeness (QED) is 0.209. The molecule has 2 aliphatic carbocycles. The summed E-state index contributed by atoms with van der Waals surface area (Å²) < 4.78 is 32.5. The van der Waals surface area contributed by atoms with E-state index >= 15 is 0 Å². The third kappa shape index (κ3) is 7.10. The highest BCUT2D eigenvalue weighted by molar-refractivity contribution is 7.89. The number of aryl methyl sites for hydroxylation is 1. The molecule has 2 saturated carbocycles. The molecule has 1 unspecified atom stereocenters. The molecule has 3 atom stereocenters. The van der Waals surface area contributed by atoms with E-state index in [1.807, 2.05) is 35.2 Å². The van der Waals surface area contributed by atoms with Crippen LogP contribution in [0.2, 0.25) is 0 Å². The van der Waals surface area contributed by atoms with Gasteiger partial charge in [0, 0.05) is 88.8 Å². The lowest BCUT2D eigenvalue weighted by molar-refractivity contribution is -0.135. The van der Waals surface area contributed by atoms with Crippen LogP contribution in [-0.2, 0) is 43.4 Å². The van der Waals surface area contributed by atoms with E-state index in [0.29, 0.717) is 56.2 Å². The molecule has 1 spiro atoms. The standard InChI is InChI=1S/C43H52N10O7S/c1-48-36-24-29(8-9-34(36)53(42(48)58)35-10-11-37(55)46-39(35)56)50-20-18-49(19-21-50)26-27-4-2-7-32(22-27)61(59,60)51-16-12-28(13-17-51)45-41-44-25-33-38(47-41)52(40(57)43(33)14-15-43)30-5-3-6-31(54)23-30/h2,4,7-9,22,24-25,28,30-31,35,54H,3,5-6,10-21,23,26H2,1H3,(H,44,45,47)(H,46,55,56)/t30-,31-,35?/m1/s1. The Kier molecular flexibility index (Phi) is 10.0. The van der Waals surface area contributed by atoms with Gasteiger partial charge in [0.1, 0.15) is 11.9 Å². The predicted octanol–water partition coefficient (Wildman–Crippen LogP) is 2.38. The number of aliphatic hydroxyl groups is 1. The van der Waals surface area contributed by atoms with E-state index in [-0.39, 0.29) is 47.3 Å². The van der Waals surface area contributed by atoms with Crippen LogP contribution in [0.3, 0.4) is 0 Å². The molecule has 6 heterocycles. The number of imidazole rings is 1. The van der Waals surface area contributed by atoms with Crippen molar-refractivity contribution in [3.8, 4) is 0 Å². The molecule has 2 aromatic carbocycles. The second kappa shape index (κ2) is 15.3. The van der Waals surface area contributed by atoms with Crippen molar-refractivity contribution in [3.63, 3.8) is 0 Å². The number of sulfonamides is 1. The second-order valence-corrected chi connectivity index (χ2v) is 19.7. The first-order chi connectivity index (χ1) is 29.4. The maximum atomic E-state index is 13.9. The zero-order chi connectivity index (χ0) is 42.2. The average molecular weight is 853 g/mol. The number of aromatic nitrogens is 4. The van der Waals surface area contributed by atoms with Crippen LogP contribution in [0, 0.1) is 0 Å². The summed E-state index contributed by atoms with van der Waals surface area (Å²) in [5.74, 6) is 0.405. The van der Waals surface area contributed by atoms with Gasteiger partial charge in [-0.2, -0.15) is 9.29 Å². The largest absolute Gasteiger partial charge is 0.393 e. The molecule has 5 fully saturated rings. The molecule has 3 N–H and O–H groups in total. The van der Waals surface area contributed by atoms with Gasteiger partial charge in [-0.1, -0.05) is 12.1 Å². The van der Waals surface area contributed by atoms with Crippen LogP contribution < -0.4 is 26.1 Å². The molecule has 0 radical (unpaired) electrons. The molecule has 61 heavy (non-hydrogen) atoms. The Morgan fingerprint density at radius 3 is 2.44 bits per heavy atom. The van der Waals surface area contributed by atoms with Crippen LogP contribution in [0.5, 0.6) is 0 Å². The summed E-state index contributed by atoms with van der Waals surface area (Å²) >= 11 is 0. The number of imide groups is 1. The zero-order valence-electron chi connectivity index (χ0n) is 34.3. The van der Waals surface area contributed by atoms with Crippen molar-refractivity contribution in [2.24, 2.45) is 7.05 Å². The van der Waals surface area contributed by atoms with Gasteiger partial charge in [-0.15, -0.1) is 0 Å². The topological polar surface area (TPSA) is 195 Å². The Labute approximate surface area is 353 Å². The molecule has 17 nitrogen and oxygen atoms in total. The van der Waals surface area contributed by atoms with E-state index in [9.17, 15) is 32.7 Å². The van der Waals surface area contributed by atoms with Crippen molar-refractivity contribution in [2.45, 2.75) is 105 Å². The summed E-state index contributed by atoms with van der Waals surface area (Å²) in [6, 6.07) is 12.2. The Morgan fingerprint density at radius 2 is 1.70 bits per heavy atom. The molecule has 0 bridgehead atoms. The Morgan fingerprint density at radius 1 is 0.918 bits per heavy atom. The number of carbonyl (C=O) groups is 3. The predicted molar refractivity (Wildman–Crippen MR) is 227 cm³/mol. The molecule has 6 aliphatic rings. The Bertz CT molecular complexity index is 2590. The molecule has 10 rings (SSSR count). The van der Waals surface area contributed by atoms with Crippen molar-refractivity contribution < 1.29 is 27.9 Å². The molecule has 2 aromatic heterocycles. The van der Waals surface area contributed by atoms with Crippen molar-refractivity contribution in [2.75, 3.05) is 54.4 Å². The third-order valence-corrected chi connectivity index (χ3v) is 15.8. The minimum atomic E-state index is -3.73. The molecular weight excluding hydrogens is 801 g/mol. The lowest BCUT2D eigenvalue weighted by Gasteiger charge is -2.36. The second-order valence-electron chi connectivity index (χ2n) is 17.7. The van der Waals surface area contributed by atoms with Gasteiger partial charge in [0.25, 0.3) is 0 Å². The summed E-state index contributed by atoms with van der Waals surface area (Å²) in [7, 11) is -2.03. The fourth-order valence-corrected chi connectivity index (χ4v) is 11.8. The van der Waals surface area contributed by atoms with Crippen molar-refractivity contribution in [1.82, 2.24) is 33.6 Å². The molecule has 4 aliphatic heterocycles. The van der Waals surface area contributed by atoms with Crippen molar-refractivity contribution >= 4 is 56.2 Å². The highest BCUT2D eigenvalue weighted by Crippen LogP contribution is 2.57. The number of aliphatic hydroxyl groups excluding tert-OH is 1. The van der Waals surface area contributed by atoms with Gasteiger partial charge in [-0.3, -0.25) is 38.6 Å². The number of piperidine rings is 2. The molecular formula is C43H52N10O7S. The summed E-state index contributed by atoms with van der Waals surface area (Å²) in [5, 5.41) is 16.2. The first-order valence-electron chi connectivity index (χ1n) is 21.7. The fourth-order valence-electron chi connectivity index (χ4n) is 10.3. The number of nitrogens with one attached hydrogen (secondary N) is 2. The van der Waals surface area contributed by atoms with E-state index < -0.39 is 33.5 Å². The lowest BCUT2D eigenvalue weighted by atomic mass is 9.92. The van der Waals surface area contributed by atoms with Crippen LogP contribution in [0.4, 0.5) is 17.5 Å². The monoisotopic (exact) mass is 852 g/mol. The van der Waals surface area contributed by atoms with Crippen LogP contribution in [0.15, 0.2) is 58.4 Å². The van der Waals surface area contributed by atoms with E-state index in [1.165, 1.54) is 4.57 Å². The molecule has 3 saturated heterocycles. The van der Waals surface area contributed by atoms with Crippen LogP contribution in [0.25, 0.3) is 11.0 Å². The number of carbonyl (C=O) groups excluding carboxylic acids is 3. The van der Waals surface area contributed by atoms with Crippen LogP contribution in [0.1, 0.15) is 81.4 Å². The summed E-state index contributed by atoms with van der Waals surface area (Å²) in [5.41, 5.74) is 3.35. The number of hydrogen-bond acceptors (Lipinski definition) is 12. The summed E-state index contributed by atoms with van der Waals surface area (Å²) in [4.78, 5) is 67.4. The van der Waals surface area contributed by atoms with E-state index in [4.69, 9.17) is 4.98 Å². The van der Waals surface area contributed by atoms with Crippen molar-refractivity contribution in [1.29, 1.82) is 0 Å². The van der Waals surface area contributed by atoms with E-state index in [0.717, 1.165) is 80.6 Å². The molecule has 4 aromatic rings. The number of nitrogens with zero attached hydrogens (tertiary/aromatic N) is 8. The number of piperazine rings is 1. The van der Waals surface area contributed by atoms with Gasteiger partial charge in [0.05, 0.1) is 27.4 Å². The van der Waals surface area contributed by atoms with Crippen LogP contribution in [-0.4, -0.2) is 117 Å². The number of hydrogen-bond donors (Lipinski definition) is 3. The maximum Gasteiger partial charge on any atom is 0.329 e. The number of amides is 3. The average Bonchev–Trinajstić information content (AvgIpc) is 3.98. The molecule has 322 valence electrons. The summed E-state index contributed by atoms with van der Waals surface area (Å²) in [6.07, 6.45) is 7.64. The van der Waals surface area contributed by atoms with Gasteiger partial charge in [0.2, 0.25) is 33.7 Å². The fraction of sp³-hybridized carbons (Fsp3) is 0.535. The van der Waals surface area contributed by atoms with E-state index in [2.05, 4.69) is 25.4 Å². The number of rotatable bonds is 9. The summed E-state index contributed by atoms with van der Waals surface area (Å²) in [6.45, 7) is 4.33. The van der Waals surface area contributed by atoms with Gasteiger partial charge < -0.3 is 15.3 Å². The van der Waals surface area contributed by atoms with Gasteiger partial charge in [-0.05, 0) is 93.7 Å². The lowest BCUT2D eigenvalue weighted by Crippen LogP contribution is -2.46. The number of benzene rings is 2. The normalized spacial score (nSPS) is 25.0. The van der Waals surface area contributed by atoms with Gasteiger partial charge in [-0.25, -0.2) is 18.2 Å². The Balaban J connectivity index is 0.747. The van der Waals surface area contributed by atoms with Crippen LogP contribution >= 0.6 is 0 Å². The highest BCUT2D eigenvalue weighted by Gasteiger charge is 2.61.